The molecule has 0 unspecified atom stereocenters. The lowest BCUT2D eigenvalue weighted by Crippen LogP contribution is -2.29. The molecule has 0 atom stereocenters. The molecular formula is C17H26N2O8. The molecule has 27 heavy (non-hydrogen) atoms. The highest BCUT2D eigenvalue weighted by Gasteiger charge is 2.04. The van der Waals surface area contributed by atoms with E-state index < -0.39 is 23.9 Å². The minimum atomic E-state index is -1.08. The standard InChI is InChI=1S/C8H6O4.C5H14N2.C4H6O4/c9-7(10)5-1-2-6(4-3-5)8(11)12;1-2-3-4-5(6)7;5-3(6)1-2-4(7)8/h1-4H,(H,9,10)(H,11,12);5H,2-4,6-7H2,1H3;1-2H2,(H,5,6)(H,7,8). The number of rotatable bonds is 8. The fourth-order valence-corrected chi connectivity index (χ4v) is 1.41. The summed E-state index contributed by atoms with van der Waals surface area (Å²) in [6.45, 7) is 2.13. The van der Waals surface area contributed by atoms with Crippen LogP contribution in [-0.4, -0.2) is 50.5 Å². The third kappa shape index (κ3) is 17.6. The maximum absolute atomic E-state index is 10.3. The summed E-state index contributed by atoms with van der Waals surface area (Å²) in [7, 11) is 0. The zero-order valence-electron chi connectivity index (χ0n) is 15.0. The van der Waals surface area contributed by atoms with Gasteiger partial charge in [-0.05, 0) is 30.7 Å². The van der Waals surface area contributed by atoms with Gasteiger partial charge in [0.2, 0.25) is 0 Å². The predicted octanol–water partition coefficient (Wildman–Crippen LogP) is 1.44. The van der Waals surface area contributed by atoms with Gasteiger partial charge in [0.05, 0.1) is 30.1 Å². The van der Waals surface area contributed by atoms with Crippen LogP contribution in [0, 0.1) is 0 Å². The molecule has 0 heterocycles. The highest BCUT2D eigenvalue weighted by Crippen LogP contribution is 2.03. The minimum Gasteiger partial charge on any atom is -0.481 e. The third-order valence-electron chi connectivity index (χ3n) is 2.82. The molecule has 8 N–H and O–H groups in total. The molecule has 0 aliphatic carbocycles. The first kappa shape index (κ1) is 26.3. The summed E-state index contributed by atoms with van der Waals surface area (Å²) in [5.41, 5.74) is 10.7. The van der Waals surface area contributed by atoms with Gasteiger partial charge in [0.15, 0.2) is 0 Å². The van der Waals surface area contributed by atoms with E-state index in [1.165, 1.54) is 30.7 Å². The molecule has 0 radical (unpaired) electrons. The van der Waals surface area contributed by atoms with Gasteiger partial charge >= 0.3 is 23.9 Å². The van der Waals surface area contributed by atoms with E-state index in [2.05, 4.69) is 6.92 Å². The van der Waals surface area contributed by atoms with Crippen molar-refractivity contribution in [3.63, 3.8) is 0 Å². The average molecular weight is 386 g/mol. The maximum atomic E-state index is 10.3. The summed E-state index contributed by atoms with van der Waals surface area (Å²) in [5, 5.41) is 32.7. The van der Waals surface area contributed by atoms with Crippen molar-refractivity contribution in [1.29, 1.82) is 0 Å². The lowest BCUT2D eigenvalue weighted by Gasteiger charge is -2.00. The molecule has 0 spiro atoms. The van der Waals surface area contributed by atoms with E-state index in [9.17, 15) is 19.2 Å². The summed E-state index contributed by atoms with van der Waals surface area (Å²) in [4.78, 5) is 40.0. The molecule has 0 fully saturated rings. The number of carboxylic acid groups (broad SMARTS) is 4. The molecular weight excluding hydrogens is 360 g/mol. The molecule has 152 valence electrons. The Labute approximate surface area is 156 Å². The van der Waals surface area contributed by atoms with E-state index in [0.29, 0.717) is 0 Å². The van der Waals surface area contributed by atoms with Crippen molar-refractivity contribution in [3.8, 4) is 0 Å². The number of carboxylic acids is 4. The molecule has 0 aliphatic heterocycles. The van der Waals surface area contributed by atoms with Gasteiger partial charge < -0.3 is 31.9 Å². The fourth-order valence-electron chi connectivity index (χ4n) is 1.41. The number of nitrogens with two attached hydrogens (primary N) is 2. The van der Waals surface area contributed by atoms with Gasteiger partial charge in [-0.25, -0.2) is 9.59 Å². The summed E-state index contributed by atoms with van der Waals surface area (Å²) in [6, 6.07) is 5.02. The van der Waals surface area contributed by atoms with Gasteiger partial charge in [-0.1, -0.05) is 19.8 Å². The Balaban J connectivity index is 0. The van der Waals surface area contributed by atoms with Crippen LogP contribution >= 0.6 is 0 Å². The molecule has 0 saturated heterocycles. The molecule has 1 aromatic carbocycles. The van der Waals surface area contributed by atoms with E-state index in [4.69, 9.17) is 31.9 Å². The predicted molar refractivity (Wildman–Crippen MR) is 96.6 cm³/mol. The van der Waals surface area contributed by atoms with Crippen molar-refractivity contribution < 1.29 is 39.6 Å². The first-order valence-electron chi connectivity index (χ1n) is 8.02. The zero-order valence-corrected chi connectivity index (χ0v) is 15.0. The normalized spacial score (nSPS) is 9.33. The Kier molecular flexibility index (Phi) is 14.9. The molecule has 0 aliphatic rings. The van der Waals surface area contributed by atoms with Crippen LogP contribution in [0.1, 0.15) is 59.7 Å². The maximum Gasteiger partial charge on any atom is 0.335 e. The third-order valence-corrected chi connectivity index (χ3v) is 2.82. The van der Waals surface area contributed by atoms with Crippen LogP contribution in [-0.2, 0) is 9.59 Å². The average Bonchev–Trinajstić information content (AvgIpc) is 2.59. The Morgan fingerprint density at radius 3 is 1.30 bits per heavy atom. The second-order valence-corrected chi connectivity index (χ2v) is 5.28. The molecule has 10 heteroatoms. The molecule has 0 saturated carbocycles. The Morgan fingerprint density at radius 1 is 0.815 bits per heavy atom. The smallest absolute Gasteiger partial charge is 0.335 e. The van der Waals surface area contributed by atoms with Crippen LogP contribution in [0.5, 0.6) is 0 Å². The van der Waals surface area contributed by atoms with Gasteiger partial charge in [0, 0.05) is 0 Å². The van der Waals surface area contributed by atoms with Gasteiger partial charge in [-0.2, -0.15) is 0 Å². The van der Waals surface area contributed by atoms with E-state index in [1.807, 2.05) is 0 Å². The van der Waals surface area contributed by atoms with E-state index in [-0.39, 0.29) is 30.1 Å². The van der Waals surface area contributed by atoms with Crippen molar-refractivity contribution in [2.75, 3.05) is 0 Å². The Bertz CT molecular complexity index is 552. The molecule has 0 aromatic heterocycles. The Morgan fingerprint density at radius 2 is 1.15 bits per heavy atom. The molecule has 0 amide bonds. The van der Waals surface area contributed by atoms with Crippen molar-refractivity contribution >= 4 is 23.9 Å². The van der Waals surface area contributed by atoms with Crippen LogP contribution in [0.3, 0.4) is 0 Å². The number of hydrogen-bond donors (Lipinski definition) is 6. The first-order valence-corrected chi connectivity index (χ1v) is 8.02. The van der Waals surface area contributed by atoms with E-state index in [1.54, 1.807) is 0 Å². The minimum absolute atomic E-state index is 0.0833. The highest BCUT2D eigenvalue weighted by atomic mass is 16.4. The summed E-state index contributed by atoms with van der Waals surface area (Å²) < 4.78 is 0. The summed E-state index contributed by atoms with van der Waals surface area (Å²) in [6.07, 6.45) is 2.60. The quantitative estimate of drug-likeness (QED) is 0.355. The fraction of sp³-hybridized carbons (Fsp3) is 0.412. The van der Waals surface area contributed by atoms with Gasteiger partial charge in [0.1, 0.15) is 0 Å². The summed E-state index contributed by atoms with van der Waals surface area (Å²) in [5.74, 6) is -4.28. The van der Waals surface area contributed by atoms with Gasteiger partial charge in [-0.15, -0.1) is 0 Å². The lowest BCUT2D eigenvalue weighted by atomic mass is 10.1. The number of unbranched alkanes of at least 4 members (excludes halogenated alkanes) is 1. The van der Waals surface area contributed by atoms with Crippen LogP contribution in [0.2, 0.25) is 0 Å². The molecule has 1 rings (SSSR count). The number of carbonyl (C=O) groups is 4. The highest BCUT2D eigenvalue weighted by molar-refractivity contribution is 5.91. The van der Waals surface area contributed by atoms with E-state index in [0.717, 1.165) is 12.8 Å². The van der Waals surface area contributed by atoms with Crippen molar-refractivity contribution in [2.45, 2.75) is 45.2 Å². The second-order valence-electron chi connectivity index (χ2n) is 5.28. The monoisotopic (exact) mass is 386 g/mol. The molecule has 0 bridgehead atoms. The van der Waals surface area contributed by atoms with Crippen LogP contribution < -0.4 is 11.5 Å². The molecule has 1 aromatic rings. The van der Waals surface area contributed by atoms with Crippen LogP contribution in [0.15, 0.2) is 24.3 Å². The second kappa shape index (κ2) is 15.3. The van der Waals surface area contributed by atoms with Gasteiger partial charge in [-0.3, -0.25) is 9.59 Å². The van der Waals surface area contributed by atoms with Gasteiger partial charge in [0.25, 0.3) is 0 Å². The molecule has 10 nitrogen and oxygen atoms in total. The van der Waals surface area contributed by atoms with Crippen LogP contribution in [0.4, 0.5) is 0 Å². The largest absolute Gasteiger partial charge is 0.481 e. The number of aromatic carboxylic acids is 2. The van der Waals surface area contributed by atoms with Crippen LogP contribution in [0.25, 0.3) is 0 Å². The lowest BCUT2D eigenvalue weighted by molar-refractivity contribution is -0.143. The first-order chi connectivity index (χ1) is 12.5. The topological polar surface area (TPSA) is 201 Å². The number of aliphatic carboxylic acids is 2. The Hall–Kier alpha value is -2.98. The van der Waals surface area contributed by atoms with E-state index >= 15 is 0 Å². The SMILES string of the molecule is CCCCC(N)N.O=C(O)CCC(=O)O.O=C(O)c1ccc(C(=O)O)cc1. The summed E-state index contributed by atoms with van der Waals surface area (Å²) >= 11 is 0. The number of hydrogen-bond acceptors (Lipinski definition) is 6. The van der Waals surface area contributed by atoms with Crippen molar-refractivity contribution in [1.82, 2.24) is 0 Å². The van der Waals surface area contributed by atoms with Crippen molar-refractivity contribution in [2.24, 2.45) is 11.5 Å². The number of benzene rings is 1. The zero-order chi connectivity index (χ0) is 21.4. The van der Waals surface area contributed by atoms with Crippen molar-refractivity contribution in [3.05, 3.63) is 35.4 Å².